The Bertz CT molecular complexity index is 5760. The van der Waals surface area contributed by atoms with Crippen molar-refractivity contribution >= 4 is 39.1 Å². The zero-order chi connectivity index (χ0) is 77.9. The van der Waals surface area contributed by atoms with Gasteiger partial charge in [-0.3, -0.25) is 0 Å². The molecule has 109 heavy (non-hydrogen) atoms. The molecule has 19 heteroatoms. The number of phenolic OH excluding ortho intramolecular Hbond substituents is 4. The van der Waals surface area contributed by atoms with Crippen LogP contribution >= 0.6 is 0 Å². The van der Waals surface area contributed by atoms with Crippen molar-refractivity contribution in [1.82, 2.24) is 9.97 Å². The summed E-state index contributed by atoms with van der Waals surface area (Å²) in [6.45, 7) is 29.8. The smallest absolute Gasteiger partial charge is 0.193 e. The molecular formula is C90H93N7O12. The molecule has 0 bridgehead atoms. The lowest BCUT2D eigenvalue weighted by atomic mass is 9.72. The van der Waals surface area contributed by atoms with E-state index < -0.39 is 11.5 Å². The highest BCUT2D eigenvalue weighted by molar-refractivity contribution is 5.92. The Labute approximate surface area is 635 Å². The summed E-state index contributed by atoms with van der Waals surface area (Å²) in [5, 5.41) is 63.4. The van der Waals surface area contributed by atoms with Gasteiger partial charge in [-0.05, 0) is 229 Å². The molecule has 0 fully saturated rings. The zero-order valence-electron chi connectivity index (χ0n) is 65.2. The second-order valence-corrected chi connectivity index (χ2v) is 35.1. The second-order valence-electron chi connectivity index (χ2n) is 35.1. The van der Waals surface area contributed by atoms with Crippen LogP contribution in [0.15, 0.2) is 97.1 Å². The van der Waals surface area contributed by atoms with Crippen LogP contribution < -0.4 is 54.7 Å². The van der Waals surface area contributed by atoms with Gasteiger partial charge in [-0.15, -0.1) is 0 Å². The number of phenols is 4. The van der Waals surface area contributed by atoms with Crippen LogP contribution in [0.25, 0.3) is 22.1 Å². The molecule has 3 unspecified atom stereocenters. The molecule has 19 nitrogen and oxygen atoms in total. The molecule has 9 aromatic carbocycles. The lowest BCUT2D eigenvalue weighted by Crippen LogP contribution is -2.27. The molecule has 9 N–H and O–H groups in total. The van der Waals surface area contributed by atoms with Crippen LogP contribution in [0.2, 0.25) is 0 Å². The van der Waals surface area contributed by atoms with Gasteiger partial charge in [0.25, 0.3) is 0 Å². The number of aromatic nitrogens is 2. The normalized spacial score (nSPS) is 21.2. The number of nitrogen functional groups attached to an aromatic ring is 2. The molecule has 0 saturated carbocycles. The van der Waals surface area contributed by atoms with Gasteiger partial charge in [0, 0.05) is 41.1 Å². The van der Waals surface area contributed by atoms with Crippen LogP contribution in [-0.2, 0) is 55.2 Å². The van der Waals surface area contributed by atoms with Crippen molar-refractivity contribution < 1.29 is 58.3 Å². The van der Waals surface area contributed by atoms with E-state index >= 15 is 0 Å². The summed E-state index contributed by atoms with van der Waals surface area (Å²) in [6, 6.07) is 36.2. The molecule has 10 aromatic rings. The highest BCUT2D eigenvalue weighted by Gasteiger charge is 2.61. The summed E-state index contributed by atoms with van der Waals surface area (Å²) in [5.74, 6) is 3.44. The van der Waals surface area contributed by atoms with E-state index in [9.17, 15) is 30.9 Å². The molecule has 8 aliphatic rings. The van der Waals surface area contributed by atoms with Gasteiger partial charge in [0.15, 0.2) is 92.0 Å². The number of fused-ring (bicyclic) bond motifs is 18. The van der Waals surface area contributed by atoms with E-state index in [0.717, 1.165) is 89.6 Å². The van der Waals surface area contributed by atoms with Crippen molar-refractivity contribution in [2.75, 3.05) is 52.3 Å². The highest BCUT2D eigenvalue weighted by atomic mass is 16.6. The Morgan fingerprint density at radius 2 is 0.651 bits per heavy atom. The van der Waals surface area contributed by atoms with Crippen molar-refractivity contribution in [3.8, 4) is 104 Å². The van der Waals surface area contributed by atoms with Gasteiger partial charge in [0.05, 0.1) is 61.9 Å². The van der Waals surface area contributed by atoms with E-state index in [1.165, 1.54) is 79.0 Å². The largest absolute Gasteiger partial charge is 0.504 e. The first-order valence-corrected chi connectivity index (χ1v) is 37.2. The SMILES string of the molecule is CCc1cc2c(cc1NC)C(C)(C)CC21CC(C)(C)c2cc3nc4cc(N)c(N)cc4nc3cc21.COc1cc2c(cc1OC)C1(CC2(C)C)CC(C)(C)c2cc3c(cc21)Oc1c(C#N)c(O)c(O)c(C#N)c1O3.COc1cc2c(cc1OC)C1(CC2(C)C)CC(C)(C)c2cc3c(cc21)Oc1cc(O)c(O)cc1O3. The average molecular weight is 1460 g/mol. The fraction of sp³-hybridized carbons (Fsp3) is 0.378. The van der Waals surface area contributed by atoms with Gasteiger partial charge in [0.2, 0.25) is 0 Å². The molecule has 560 valence electrons. The Kier molecular flexibility index (Phi) is 15.7. The minimum atomic E-state index is -0.717. The van der Waals surface area contributed by atoms with Gasteiger partial charge in [-0.2, -0.15) is 10.5 Å². The molecule has 18 rings (SSSR count). The van der Waals surface area contributed by atoms with Crippen molar-refractivity contribution in [1.29, 1.82) is 10.5 Å². The van der Waals surface area contributed by atoms with Crippen LogP contribution in [0, 0.1) is 22.7 Å². The fourth-order valence-corrected chi connectivity index (χ4v) is 21.0. The molecule has 0 amide bonds. The first kappa shape index (κ1) is 71.8. The van der Waals surface area contributed by atoms with E-state index in [0.29, 0.717) is 57.4 Å². The van der Waals surface area contributed by atoms with Crippen LogP contribution in [0.3, 0.4) is 0 Å². The topological polar surface area (TPSA) is 292 Å². The fourth-order valence-electron chi connectivity index (χ4n) is 21.0. The van der Waals surface area contributed by atoms with Gasteiger partial charge in [-0.25, -0.2) is 9.97 Å². The third-order valence-electron chi connectivity index (χ3n) is 25.3. The summed E-state index contributed by atoms with van der Waals surface area (Å²) in [6.07, 6.45) is 6.78. The summed E-state index contributed by atoms with van der Waals surface area (Å²) in [4.78, 5) is 9.96. The van der Waals surface area contributed by atoms with Crippen molar-refractivity contribution in [2.24, 2.45) is 0 Å². The molecule has 2 aliphatic heterocycles. The number of hydrogen-bond acceptors (Lipinski definition) is 19. The van der Waals surface area contributed by atoms with E-state index in [1.54, 1.807) is 28.4 Å². The number of aryl methyl sites for hydroxylation is 1. The molecule has 0 saturated heterocycles. The maximum absolute atomic E-state index is 10.4. The van der Waals surface area contributed by atoms with E-state index in [4.69, 9.17) is 59.3 Å². The van der Waals surface area contributed by atoms with Gasteiger partial charge in [0.1, 0.15) is 23.3 Å². The molecule has 3 atom stereocenters. The first-order chi connectivity index (χ1) is 51.4. The Hall–Kier alpha value is -11.4. The number of aromatic hydroxyl groups is 4. The van der Waals surface area contributed by atoms with E-state index in [1.807, 2.05) is 43.5 Å². The van der Waals surface area contributed by atoms with Crippen LogP contribution in [0.5, 0.6) is 92.0 Å². The van der Waals surface area contributed by atoms with Crippen LogP contribution in [0.4, 0.5) is 17.1 Å². The second kappa shape index (κ2) is 23.8. The Morgan fingerprint density at radius 1 is 0.385 bits per heavy atom. The third kappa shape index (κ3) is 10.4. The highest BCUT2D eigenvalue weighted by Crippen LogP contribution is 2.70. The first-order valence-electron chi connectivity index (χ1n) is 37.2. The summed E-state index contributed by atoms with van der Waals surface area (Å²) < 4.78 is 47.3. The lowest BCUT2D eigenvalue weighted by Gasteiger charge is -2.31. The van der Waals surface area contributed by atoms with E-state index in [-0.39, 0.29) is 82.9 Å². The van der Waals surface area contributed by atoms with Gasteiger partial charge >= 0.3 is 0 Å². The number of benzene rings is 9. The maximum atomic E-state index is 10.4. The van der Waals surface area contributed by atoms with E-state index in [2.05, 4.69) is 156 Å². The minimum absolute atomic E-state index is 0.0289. The van der Waals surface area contributed by atoms with Gasteiger partial charge in [-0.1, -0.05) is 96.1 Å². The predicted molar refractivity (Wildman–Crippen MR) is 421 cm³/mol. The number of hydrogen-bond donors (Lipinski definition) is 7. The van der Waals surface area contributed by atoms with Crippen molar-refractivity contribution in [3.05, 3.63) is 181 Å². The van der Waals surface area contributed by atoms with Crippen LogP contribution in [0.1, 0.15) is 212 Å². The number of rotatable bonds is 6. The Morgan fingerprint density at radius 3 is 0.991 bits per heavy atom. The maximum Gasteiger partial charge on any atom is 0.193 e. The molecule has 3 spiro atoms. The molecule has 1 aromatic heterocycles. The molecule has 3 heterocycles. The Balaban J connectivity index is 0.000000125. The molecular weight excluding hydrogens is 1370 g/mol. The number of nitrogens with one attached hydrogen (secondary N) is 1. The summed E-state index contributed by atoms with van der Waals surface area (Å²) in [5.41, 5.74) is 33.0. The third-order valence-corrected chi connectivity index (χ3v) is 25.3. The quantitative estimate of drug-likeness (QED) is 0.0462. The zero-order valence-corrected chi connectivity index (χ0v) is 65.2. The number of nitrogens with two attached hydrogens (primary N) is 2. The van der Waals surface area contributed by atoms with Crippen LogP contribution in [-0.4, -0.2) is 65.9 Å². The van der Waals surface area contributed by atoms with Gasteiger partial charge < -0.3 is 75.1 Å². The summed E-state index contributed by atoms with van der Waals surface area (Å²) >= 11 is 0. The number of nitriles is 2. The number of ether oxygens (including phenoxy) is 8. The number of methoxy groups -OCH3 is 4. The predicted octanol–water partition coefficient (Wildman–Crippen LogP) is 19.3. The standard InChI is InChI=1S/C31H28N2O6.C30H35N5.C29H30O6/c1-29(2)13-31(19-9-22(37-6)21(36-5)7-17(19)29)14-30(3,4)18-8-23-24(10-20(18)31)39-28-16(12-33)26(35)25(34)15(11-32)27(28)38-23;1-7-16-8-19-17(9-23(16)33-6)28(2,3)14-30(19)15-29(4,5)18-10-24-25(11-20(18)30)35-27-13-22(32)21(31)12-26(27)34-24;1-27(2)13-29(17-9-22(33-6)21(32-5)7-15(17)27)14-28(3,4)16-8-23-24(10-18(16)29)35-26-12-20(31)19(30)11-25(26)34-23/h7-10,34-35H,13-14H2,1-6H3;8-13,33H,7,14-15,31-32H2,1-6H3;7-12,30-31H,13-14H2,1-6H3. The lowest BCUT2D eigenvalue weighted by molar-refractivity contribution is 0.341. The van der Waals surface area contributed by atoms with Crippen molar-refractivity contribution in [3.63, 3.8) is 0 Å². The molecule has 0 radical (unpaired) electrons. The molecule has 6 aliphatic carbocycles. The summed E-state index contributed by atoms with van der Waals surface area (Å²) in [7, 11) is 8.66. The minimum Gasteiger partial charge on any atom is -0.504 e. The monoisotopic (exact) mass is 1460 g/mol. The number of nitrogens with zero attached hydrogens (tertiary/aromatic N) is 4. The average Bonchev–Trinajstić information content (AvgIpc) is 1.53. The number of anilines is 3. The van der Waals surface area contributed by atoms with Crippen molar-refractivity contribution in [2.45, 2.75) is 184 Å².